The first-order chi connectivity index (χ1) is 12.7. The van der Waals surface area contributed by atoms with Gasteiger partial charge in [-0.25, -0.2) is 6.61 Å². The quantitative estimate of drug-likeness (QED) is 0.136. The second-order valence-corrected chi connectivity index (χ2v) is 7.83. The fraction of sp³-hybridized carbons (Fsp3) is 0.833. The van der Waals surface area contributed by atoms with Crippen LogP contribution in [0.3, 0.4) is 0 Å². The van der Waals surface area contributed by atoms with Crippen molar-refractivity contribution < 1.29 is 88.9 Å². The SMILES string of the molecule is C[CH-]OCCCCCCCCCCCC.O=C(O)CC(C(=O)O)S(=O)(=O)O.[K+]. The third-order valence-electron chi connectivity index (χ3n) is 3.78. The van der Waals surface area contributed by atoms with E-state index in [9.17, 15) is 18.0 Å². The summed E-state index contributed by atoms with van der Waals surface area (Å²) in [6.07, 6.45) is 12.8. The smallest absolute Gasteiger partial charge is 0.552 e. The normalized spacial score (nSPS) is 11.7. The van der Waals surface area contributed by atoms with Crippen LogP contribution >= 0.6 is 0 Å². The van der Waals surface area contributed by atoms with Gasteiger partial charge in [-0.2, -0.15) is 15.3 Å². The molecule has 0 saturated heterocycles. The number of carboxylic acids is 2. The zero-order valence-corrected chi connectivity index (χ0v) is 21.4. The van der Waals surface area contributed by atoms with E-state index in [2.05, 4.69) is 6.92 Å². The maximum Gasteiger partial charge on any atom is 1.00 e. The molecule has 0 amide bonds. The minimum absolute atomic E-state index is 0. The molecule has 0 aromatic carbocycles. The molecule has 28 heavy (non-hydrogen) atoms. The molecule has 0 bridgehead atoms. The molecular formula is C18H35KO8S. The van der Waals surface area contributed by atoms with Crippen molar-refractivity contribution in [2.45, 2.75) is 89.7 Å². The monoisotopic (exact) mass is 450 g/mol. The van der Waals surface area contributed by atoms with Crippen LogP contribution in [0.4, 0.5) is 0 Å². The molecule has 1 atom stereocenters. The molecule has 0 aliphatic heterocycles. The standard InChI is InChI=1S/C14H29O.C4H6O7S.K/c1-3-5-6-7-8-9-10-11-12-13-14-15-4-2;5-3(6)1-2(4(7)8)12(9,10)11;/h4H,3,5-14H2,1-2H3;2H,1H2,(H,5,6)(H,7,8)(H,9,10,11);/q-1;;+1. The zero-order valence-electron chi connectivity index (χ0n) is 17.4. The molecule has 0 aromatic rings. The Hall–Kier alpha value is 0.446. The van der Waals surface area contributed by atoms with Crippen LogP contribution in [-0.4, -0.2) is 47.0 Å². The van der Waals surface area contributed by atoms with E-state index in [0.717, 1.165) is 6.61 Å². The van der Waals surface area contributed by atoms with Crippen LogP contribution in [0, 0.1) is 6.61 Å². The van der Waals surface area contributed by atoms with Crippen LogP contribution in [0.1, 0.15) is 84.5 Å². The first kappa shape index (κ1) is 33.1. The number of hydrogen-bond donors (Lipinski definition) is 3. The number of ether oxygens (including phenoxy) is 1. The van der Waals surface area contributed by atoms with Gasteiger partial charge >= 0.3 is 63.3 Å². The number of unbranched alkanes of at least 4 members (excludes halogenated alkanes) is 9. The Balaban J connectivity index is -0.000000441. The molecule has 0 saturated carbocycles. The van der Waals surface area contributed by atoms with Crippen LogP contribution in [0.5, 0.6) is 0 Å². The van der Waals surface area contributed by atoms with E-state index in [-0.39, 0.29) is 51.4 Å². The van der Waals surface area contributed by atoms with Crippen molar-refractivity contribution in [2.75, 3.05) is 6.61 Å². The van der Waals surface area contributed by atoms with E-state index in [1.807, 2.05) is 6.92 Å². The molecule has 10 heteroatoms. The van der Waals surface area contributed by atoms with E-state index in [0.29, 0.717) is 0 Å². The molecule has 0 heterocycles. The Labute approximate surface area is 212 Å². The van der Waals surface area contributed by atoms with Crippen LogP contribution in [0.25, 0.3) is 0 Å². The Morgan fingerprint density at radius 1 is 0.929 bits per heavy atom. The molecular weight excluding hydrogens is 415 g/mol. The van der Waals surface area contributed by atoms with E-state index in [1.54, 1.807) is 6.61 Å². The van der Waals surface area contributed by atoms with E-state index in [4.69, 9.17) is 19.5 Å². The predicted octanol–water partition coefficient (Wildman–Crippen LogP) is 0.912. The van der Waals surface area contributed by atoms with Crippen LogP contribution in [0.2, 0.25) is 0 Å². The molecule has 0 spiro atoms. The minimum Gasteiger partial charge on any atom is -0.552 e. The topological polar surface area (TPSA) is 138 Å². The molecule has 162 valence electrons. The Morgan fingerprint density at radius 2 is 1.36 bits per heavy atom. The first-order valence-electron chi connectivity index (χ1n) is 9.47. The van der Waals surface area contributed by atoms with E-state index < -0.39 is 33.7 Å². The first-order valence-corrected chi connectivity index (χ1v) is 11.0. The second-order valence-electron chi connectivity index (χ2n) is 6.23. The van der Waals surface area contributed by atoms with Gasteiger partial charge in [0.05, 0.1) is 6.42 Å². The molecule has 0 aliphatic rings. The Bertz CT molecular complexity index is 470. The van der Waals surface area contributed by atoms with E-state index in [1.165, 1.54) is 64.2 Å². The number of carbonyl (C=O) groups is 2. The summed E-state index contributed by atoms with van der Waals surface area (Å²) >= 11 is 0. The third kappa shape index (κ3) is 24.5. The summed E-state index contributed by atoms with van der Waals surface area (Å²) in [7, 11) is -4.84. The van der Waals surface area contributed by atoms with Crippen LogP contribution in [0.15, 0.2) is 0 Å². The van der Waals surface area contributed by atoms with Crippen molar-refractivity contribution in [3.8, 4) is 0 Å². The molecule has 0 fully saturated rings. The summed E-state index contributed by atoms with van der Waals surface area (Å²) < 4.78 is 33.8. The molecule has 0 radical (unpaired) electrons. The molecule has 3 N–H and O–H groups in total. The zero-order chi connectivity index (χ0) is 21.1. The summed E-state index contributed by atoms with van der Waals surface area (Å²) in [6, 6.07) is 0. The fourth-order valence-electron chi connectivity index (χ4n) is 2.27. The van der Waals surface area contributed by atoms with Crippen molar-refractivity contribution in [1.82, 2.24) is 0 Å². The van der Waals surface area contributed by atoms with E-state index >= 15 is 0 Å². The largest absolute Gasteiger partial charge is 1.00 e. The van der Waals surface area contributed by atoms with Gasteiger partial charge in [-0.15, -0.1) is 0 Å². The van der Waals surface area contributed by atoms with Gasteiger partial charge in [0.15, 0.2) is 5.25 Å². The average Bonchev–Trinajstić information content (AvgIpc) is 2.57. The number of rotatable bonds is 16. The third-order valence-corrected chi connectivity index (χ3v) is 4.86. The van der Waals surface area contributed by atoms with Crippen molar-refractivity contribution in [3.63, 3.8) is 0 Å². The van der Waals surface area contributed by atoms with Gasteiger partial charge in [0, 0.05) is 6.61 Å². The summed E-state index contributed by atoms with van der Waals surface area (Å²) in [5, 5.41) is 13.9. The number of carboxylic acid groups (broad SMARTS) is 2. The summed E-state index contributed by atoms with van der Waals surface area (Å²) in [4.78, 5) is 20.0. The van der Waals surface area contributed by atoms with Gasteiger partial charge in [-0.05, 0) is 6.42 Å². The van der Waals surface area contributed by atoms with Crippen LogP contribution in [-0.2, 0) is 24.4 Å². The summed E-state index contributed by atoms with van der Waals surface area (Å²) in [6.45, 7) is 6.91. The predicted molar refractivity (Wildman–Crippen MR) is 103 cm³/mol. The van der Waals surface area contributed by atoms with Gasteiger partial charge in [-0.1, -0.05) is 64.7 Å². The number of aliphatic carboxylic acids is 2. The Kier molecular flexibility index (Phi) is 26.2. The van der Waals surface area contributed by atoms with Crippen molar-refractivity contribution >= 4 is 22.1 Å². The van der Waals surface area contributed by atoms with Crippen molar-refractivity contribution in [1.29, 1.82) is 0 Å². The molecule has 1 unspecified atom stereocenters. The number of hydrogen-bond acceptors (Lipinski definition) is 5. The summed E-state index contributed by atoms with van der Waals surface area (Å²) in [5.41, 5.74) is 0. The Morgan fingerprint density at radius 3 is 1.64 bits per heavy atom. The minimum atomic E-state index is -4.84. The van der Waals surface area contributed by atoms with Gasteiger partial charge in [0.2, 0.25) is 0 Å². The van der Waals surface area contributed by atoms with Crippen molar-refractivity contribution in [2.24, 2.45) is 0 Å². The van der Waals surface area contributed by atoms with Crippen molar-refractivity contribution in [3.05, 3.63) is 6.61 Å². The van der Waals surface area contributed by atoms with Gasteiger partial charge in [0.25, 0.3) is 10.1 Å². The summed E-state index contributed by atoms with van der Waals surface area (Å²) in [5.74, 6) is -3.50. The maximum atomic E-state index is 10.2. The van der Waals surface area contributed by atoms with Crippen LogP contribution < -0.4 is 51.4 Å². The van der Waals surface area contributed by atoms with Gasteiger partial charge in [-0.3, -0.25) is 14.1 Å². The molecule has 0 rings (SSSR count). The average molecular weight is 451 g/mol. The molecule has 0 aliphatic carbocycles. The van der Waals surface area contributed by atoms with Gasteiger partial charge < -0.3 is 14.9 Å². The van der Waals surface area contributed by atoms with Gasteiger partial charge in [0.1, 0.15) is 0 Å². The fourth-order valence-corrected chi connectivity index (χ4v) is 2.88. The second kappa shape index (κ2) is 22.1. The maximum absolute atomic E-state index is 10.2. The molecule has 0 aromatic heterocycles. The molecule has 8 nitrogen and oxygen atoms in total.